The number of aryl methyl sites for hydroxylation is 2. The summed E-state index contributed by atoms with van der Waals surface area (Å²) in [7, 11) is -3.77. The molecule has 0 aliphatic carbocycles. The van der Waals surface area contributed by atoms with Gasteiger partial charge in [0.05, 0.1) is 10.8 Å². The second-order valence-electron chi connectivity index (χ2n) is 6.64. The van der Waals surface area contributed by atoms with E-state index in [0.29, 0.717) is 12.0 Å². The number of amides is 1. The van der Waals surface area contributed by atoms with Crippen LogP contribution in [0.25, 0.3) is 0 Å². The average molecular weight is 392 g/mol. The summed E-state index contributed by atoms with van der Waals surface area (Å²) in [4.78, 5) is 13.5. The number of benzene rings is 1. The maximum absolute atomic E-state index is 12.8. The lowest BCUT2D eigenvalue weighted by atomic mass is 9.97. The molecular formula is C17H23F3N2O3S. The number of hydrogen-bond donors (Lipinski definition) is 1. The monoisotopic (exact) mass is 392 g/mol. The Morgan fingerprint density at radius 3 is 2.65 bits per heavy atom. The fourth-order valence-electron chi connectivity index (χ4n) is 3.00. The molecule has 1 fully saturated rings. The molecule has 1 aliphatic heterocycles. The first-order valence-corrected chi connectivity index (χ1v) is 9.90. The number of alkyl halides is 3. The van der Waals surface area contributed by atoms with E-state index in [4.69, 9.17) is 0 Å². The van der Waals surface area contributed by atoms with Gasteiger partial charge in [-0.15, -0.1) is 0 Å². The largest absolute Gasteiger partial charge is 0.393 e. The molecule has 1 amide bonds. The summed E-state index contributed by atoms with van der Waals surface area (Å²) in [6.07, 6.45) is -4.17. The van der Waals surface area contributed by atoms with Gasteiger partial charge in [0, 0.05) is 26.1 Å². The summed E-state index contributed by atoms with van der Waals surface area (Å²) < 4.78 is 65.5. The molecule has 146 valence electrons. The number of halogens is 3. The zero-order valence-corrected chi connectivity index (χ0v) is 15.6. The van der Waals surface area contributed by atoms with Gasteiger partial charge < -0.3 is 4.90 Å². The SMILES string of the molecule is Cc1ccc(C)c(S(=O)(=O)NCCC(=O)N2CCC[C@@H](C(F)(F)F)C2)c1. The molecule has 1 heterocycles. The predicted molar refractivity (Wildman–Crippen MR) is 91.1 cm³/mol. The van der Waals surface area contributed by atoms with Gasteiger partial charge >= 0.3 is 6.18 Å². The van der Waals surface area contributed by atoms with Gasteiger partial charge in [-0.3, -0.25) is 4.79 Å². The van der Waals surface area contributed by atoms with Crippen LogP contribution in [0.1, 0.15) is 30.4 Å². The second kappa shape index (κ2) is 7.96. The van der Waals surface area contributed by atoms with Crippen LogP contribution in [0.2, 0.25) is 0 Å². The molecular weight excluding hydrogens is 369 g/mol. The van der Waals surface area contributed by atoms with Crippen molar-refractivity contribution in [2.24, 2.45) is 5.92 Å². The Balaban J connectivity index is 1.92. The molecule has 0 saturated carbocycles. The fourth-order valence-corrected chi connectivity index (χ4v) is 4.36. The van der Waals surface area contributed by atoms with Crippen molar-refractivity contribution in [1.29, 1.82) is 0 Å². The molecule has 0 unspecified atom stereocenters. The van der Waals surface area contributed by atoms with Crippen molar-refractivity contribution in [3.8, 4) is 0 Å². The second-order valence-corrected chi connectivity index (χ2v) is 8.37. The number of nitrogens with one attached hydrogen (secondary N) is 1. The minimum absolute atomic E-state index is 0.0204. The highest BCUT2D eigenvalue weighted by Crippen LogP contribution is 2.33. The Morgan fingerprint density at radius 1 is 1.31 bits per heavy atom. The quantitative estimate of drug-likeness (QED) is 0.838. The third kappa shape index (κ3) is 5.20. The summed E-state index contributed by atoms with van der Waals surface area (Å²) in [5, 5.41) is 0. The van der Waals surface area contributed by atoms with Crippen molar-refractivity contribution in [3.05, 3.63) is 29.3 Å². The van der Waals surface area contributed by atoms with Crippen LogP contribution in [0.15, 0.2) is 23.1 Å². The first-order valence-electron chi connectivity index (χ1n) is 8.42. The molecule has 0 spiro atoms. The van der Waals surface area contributed by atoms with Crippen LogP contribution < -0.4 is 4.72 Å². The number of likely N-dealkylation sites (tertiary alicyclic amines) is 1. The zero-order valence-electron chi connectivity index (χ0n) is 14.8. The Bertz CT molecular complexity index is 763. The molecule has 5 nitrogen and oxygen atoms in total. The number of sulfonamides is 1. The molecule has 26 heavy (non-hydrogen) atoms. The van der Waals surface area contributed by atoms with Crippen molar-refractivity contribution >= 4 is 15.9 Å². The van der Waals surface area contributed by atoms with Crippen molar-refractivity contribution in [1.82, 2.24) is 9.62 Å². The van der Waals surface area contributed by atoms with Gasteiger partial charge in [0.1, 0.15) is 0 Å². The first-order chi connectivity index (χ1) is 12.0. The summed E-state index contributed by atoms with van der Waals surface area (Å²) >= 11 is 0. The third-order valence-corrected chi connectivity index (χ3v) is 6.10. The van der Waals surface area contributed by atoms with Gasteiger partial charge in [0.15, 0.2) is 0 Å². The number of nitrogens with zero attached hydrogens (tertiary/aromatic N) is 1. The van der Waals surface area contributed by atoms with Gasteiger partial charge in [-0.1, -0.05) is 12.1 Å². The molecule has 1 aromatic rings. The maximum Gasteiger partial charge on any atom is 0.393 e. The molecule has 2 rings (SSSR count). The van der Waals surface area contributed by atoms with Crippen LogP contribution >= 0.6 is 0 Å². The van der Waals surface area contributed by atoms with Crippen LogP contribution in [0.5, 0.6) is 0 Å². The van der Waals surface area contributed by atoms with E-state index in [-0.39, 0.29) is 37.4 Å². The highest BCUT2D eigenvalue weighted by atomic mass is 32.2. The minimum atomic E-state index is -4.32. The molecule has 1 N–H and O–H groups in total. The third-order valence-electron chi connectivity index (χ3n) is 4.50. The lowest BCUT2D eigenvalue weighted by Gasteiger charge is -2.33. The highest BCUT2D eigenvalue weighted by Gasteiger charge is 2.42. The van der Waals surface area contributed by atoms with Gasteiger partial charge in [-0.2, -0.15) is 13.2 Å². The maximum atomic E-state index is 12.8. The molecule has 1 atom stereocenters. The van der Waals surface area contributed by atoms with E-state index in [1.165, 1.54) is 11.0 Å². The normalized spacial score (nSPS) is 18.8. The number of carbonyl (C=O) groups is 1. The smallest absolute Gasteiger partial charge is 0.342 e. The van der Waals surface area contributed by atoms with Crippen LogP contribution in [0.3, 0.4) is 0 Å². The van der Waals surface area contributed by atoms with Gasteiger partial charge in [-0.05, 0) is 43.9 Å². The van der Waals surface area contributed by atoms with Gasteiger partial charge in [0.25, 0.3) is 0 Å². The van der Waals surface area contributed by atoms with Crippen molar-refractivity contribution in [3.63, 3.8) is 0 Å². The lowest BCUT2D eigenvalue weighted by molar-refractivity contribution is -0.188. The highest BCUT2D eigenvalue weighted by molar-refractivity contribution is 7.89. The number of rotatable bonds is 5. The number of piperidine rings is 1. The van der Waals surface area contributed by atoms with E-state index in [0.717, 1.165) is 5.56 Å². The van der Waals surface area contributed by atoms with Crippen molar-refractivity contribution in [2.75, 3.05) is 19.6 Å². The van der Waals surface area contributed by atoms with Crippen molar-refractivity contribution in [2.45, 2.75) is 44.2 Å². The van der Waals surface area contributed by atoms with Crippen LogP contribution in [-0.4, -0.2) is 45.0 Å². The zero-order chi connectivity index (χ0) is 19.5. The van der Waals surface area contributed by atoms with Crippen LogP contribution in [-0.2, 0) is 14.8 Å². The average Bonchev–Trinajstić information content (AvgIpc) is 2.56. The van der Waals surface area contributed by atoms with E-state index in [2.05, 4.69) is 4.72 Å². The van der Waals surface area contributed by atoms with Crippen molar-refractivity contribution < 1.29 is 26.4 Å². The Hall–Kier alpha value is -1.61. The van der Waals surface area contributed by atoms with E-state index >= 15 is 0 Å². The molecule has 1 aliphatic rings. The first kappa shape index (κ1) is 20.7. The predicted octanol–water partition coefficient (Wildman–Crippen LogP) is 2.77. The summed E-state index contributed by atoms with van der Waals surface area (Å²) in [6, 6.07) is 5.03. The Morgan fingerprint density at radius 2 is 2.00 bits per heavy atom. The van der Waals surface area contributed by atoms with E-state index in [1.807, 2.05) is 0 Å². The molecule has 1 saturated heterocycles. The topological polar surface area (TPSA) is 66.5 Å². The molecule has 1 aromatic carbocycles. The van der Waals surface area contributed by atoms with E-state index in [1.54, 1.807) is 26.0 Å². The molecule has 0 radical (unpaired) electrons. The fraction of sp³-hybridized carbons (Fsp3) is 0.588. The summed E-state index contributed by atoms with van der Waals surface area (Å²) in [6.45, 7) is 3.21. The minimum Gasteiger partial charge on any atom is -0.342 e. The van der Waals surface area contributed by atoms with Crippen LogP contribution in [0.4, 0.5) is 13.2 Å². The molecule has 0 bridgehead atoms. The number of hydrogen-bond acceptors (Lipinski definition) is 3. The van der Waals surface area contributed by atoms with Crippen LogP contribution in [0, 0.1) is 19.8 Å². The lowest BCUT2D eigenvalue weighted by Crippen LogP contribution is -2.45. The standard InChI is InChI=1S/C17H23F3N2O3S/c1-12-5-6-13(2)15(10-12)26(24,25)21-8-7-16(23)22-9-3-4-14(11-22)17(18,19)20/h5-6,10,14,21H,3-4,7-9,11H2,1-2H3/t14-/m1/s1. The summed E-state index contributed by atoms with van der Waals surface area (Å²) in [5.74, 6) is -1.98. The molecule has 0 aromatic heterocycles. The van der Waals surface area contributed by atoms with E-state index < -0.39 is 28.0 Å². The molecule has 9 heteroatoms. The Kier molecular flexibility index (Phi) is 6.33. The number of carbonyl (C=O) groups excluding carboxylic acids is 1. The van der Waals surface area contributed by atoms with E-state index in [9.17, 15) is 26.4 Å². The Labute approximate surface area is 151 Å². The summed E-state index contributed by atoms with van der Waals surface area (Å²) in [5.41, 5.74) is 1.37. The van der Waals surface area contributed by atoms with Gasteiger partial charge in [0.2, 0.25) is 15.9 Å². The van der Waals surface area contributed by atoms with Gasteiger partial charge in [-0.25, -0.2) is 13.1 Å².